The molecular weight excluding hydrogens is 532 g/mol. The lowest BCUT2D eigenvalue weighted by Crippen LogP contribution is -2.33. The third-order valence-electron chi connectivity index (χ3n) is 9.71. The number of hydrogen-bond acceptors (Lipinski definition) is 7. The van der Waals surface area contributed by atoms with Gasteiger partial charge in [0.1, 0.15) is 28.7 Å². The summed E-state index contributed by atoms with van der Waals surface area (Å²) in [6.07, 6.45) is 17.7. The van der Waals surface area contributed by atoms with Crippen molar-refractivity contribution < 1.29 is 34.4 Å². The summed E-state index contributed by atoms with van der Waals surface area (Å²) in [7, 11) is 1.27. The number of ether oxygens (including phenoxy) is 2. The molecule has 2 aromatic rings. The summed E-state index contributed by atoms with van der Waals surface area (Å²) in [6, 6.07) is 12.8. The number of aliphatic hydroxyl groups is 1. The van der Waals surface area contributed by atoms with E-state index in [0.717, 1.165) is 49.4 Å². The molecule has 0 spiro atoms. The number of fused-ring (bicyclic) bond motifs is 2. The lowest BCUT2D eigenvalue weighted by molar-refractivity contribution is -0.00116. The van der Waals surface area contributed by atoms with Crippen LogP contribution in [0.2, 0.25) is 0 Å². The minimum Gasteiger partial charge on any atom is -0.507 e. The lowest BCUT2D eigenvalue weighted by atomic mass is 9.70. The fourth-order valence-electron chi connectivity index (χ4n) is 7.40. The van der Waals surface area contributed by atoms with Gasteiger partial charge in [0.25, 0.3) is 0 Å². The fraction of sp³-hybridized carbons (Fsp3) is 0.600. The maximum Gasteiger partial charge on any atom is 0.342 e. The van der Waals surface area contributed by atoms with E-state index in [1.165, 1.54) is 89.5 Å². The first-order chi connectivity index (χ1) is 20.4. The molecule has 230 valence electrons. The quantitative estimate of drug-likeness (QED) is 0.324. The Morgan fingerprint density at radius 2 is 1.10 bits per heavy atom. The molecular formula is C35H48O7. The van der Waals surface area contributed by atoms with Crippen LogP contribution in [0.1, 0.15) is 111 Å². The van der Waals surface area contributed by atoms with Gasteiger partial charge in [-0.3, -0.25) is 0 Å². The summed E-state index contributed by atoms with van der Waals surface area (Å²) in [5, 5.41) is 28.3. The molecule has 0 aromatic heterocycles. The van der Waals surface area contributed by atoms with Crippen LogP contribution in [0.5, 0.6) is 11.5 Å². The Kier molecular flexibility index (Phi) is 12.1. The highest BCUT2D eigenvalue weighted by Crippen LogP contribution is 2.42. The fourth-order valence-corrected chi connectivity index (χ4v) is 7.40. The van der Waals surface area contributed by atoms with Gasteiger partial charge in [0, 0.05) is 0 Å². The number of carbonyl (C=O) groups is 2. The summed E-state index contributed by atoms with van der Waals surface area (Å²) in [6.45, 7) is 0. The minimum atomic E-state index is -0.525. The van der Waals surface area contributed by atoms with E-state index in [-0.39, 0.29) is 40.8 Å². The van der Waals surface area contributed by atoms with Gasteiger partial charge in [0.15, 0.2) is 0 Å². The van der Waals surface area contributed by atoms with E-state index in [2.05, 4.69) is 4.74 Å². The van der Waals surface area contributed by atoms with Crippen molar-refractivity contribution in [3.05, 3.63) is 59.7 Å². The van der Waals surface area contributed by atoms with Gasteiger partial charge in [-0.2, -0.15) is 0 Å². The molecule has 4 saturated carbocycles. The summed E-state index contributed by atoms with van der Waals surface area (Å²) >= 11 is 0. The maximum atomic E-state index is 12.1. The van der Waals surface area contributed by atoms with Crippen LogP contribution in [0.25, 0.3) is 0 Å². The average molecular weight is 581 g/mol. The van der Waals surface area contributed by atoms with E-state index in [0.29, 0.717) is 0 Å². The van der Waals surface area contributed by atoms with Crippen molar-refractivity contribution in [3.63, 3.8) is 0 Å². The van der Waals surface area contributed by atoms with Gasteiger partial charge < -0.3 is 24.8 Å². The number of phenolic OH excluding ortho intramolecular Hbond substituents is 2. The molecule has 0 saturated heterocycles. The Morgan fingerprint density at radius 1 is 0.619 bits per heavy atom. The smallest absolute Gasteiger partial charge is 0.342 e. The van der Waals surface area contributed by atoms with Gasteiger partial charge in [-0.1, -0.05) is 75.6 Å². The van der Waals surface area contributed by atoms with Gasteiger partial charge in [0.05, 0.1) is 13.2 Å². The van der Waals surface area contributed by atoms with Crippen LogP contribution in [0.15, 0.2) is 48.5 Å². The Morgan fingerprint density at radius 3 is 1.64 bits per heavy atom. The number of methoxy groups -OCH3 is 1. The SMILES string of the molecule is COC(=O)c1ccccc1O.O=C(OC1CCC2CCCCC2C1)c1ccccc1O.OC1CCC2CCCCC2C1. The van der Waals surface area contributed by atoms with Gasteiger partial charge >= 0.3 is 11.9 Å². The van der Waals surface area contributed by atoms with Crippen LogP contribution >= 0.6 is 0 Å². The Hall–Kier alpha value is -3.06. The average Bonchev–Trinajstić information content (AvgIpc) is 3.01. The highest BCUT2D eigenvalue weighted by Gasteiger charge is 2.34. The van der Waals surface area contributed by atoms with E-state index in [1.54, 1.807) is 30.3 Å². The number of phenols is 2. The molecule has 0 amide bonds. The van der Waals surface area contributed by atoms with Crippen molar-refractivity contribution in [2.45, 2.75) is 102 Å². The molecule has 3 N–H and O–H groups in total. The lowest BCUT2D eigenvalue weighted by Gasteiger charge is -2.38. The molecule has 4 fully saturated rings. The number of aliphatic hydroxyl groups excluding tert-OH is 1. The zero-order chi connectivity index (χ0) is 29.9. The number of benzene rings is 2. The molecule has 4 aliphatic rings. The van der Waals surface area contributed by atoms with Crippen LogP contribution in [-0.4, -0.2) is 46.6 Å². The molecule has 7 heteroatoms. The predicted octanol–water partition coefficient (Wildman–Crippen LogP) is 7.42. The largest absolute Gasteiger partial charge is 0.507 e. The molecule has 0 heterocycles. The van der Waals surface area contributed by atoms with E-state index in [1.807, 2.05) is 0 Å². The Balaban J connectivity index is 0.000000157. The topological polar surface area (TPSA) is 113 Å². The van der Waals surface area contributed by atoms with Crippen molar-refractivity contribution in [3.8, 4) is 11.5 Å². The highest BCUT2D eigenvalue weighted by molar-refractivity contribution is 5.92. The first-order valence-electron chi connectivity index (χ1n) is 15.9. The maximum absolute atomic E-state index is 12.1. The number of para-hydroxylation sites is 2. The molecule has 0 aliphatic heterocycles. The predicted molar refractivity (Wildman–Crippen MR) is 161 cm³/mol. The zero-order valence-electron chi connectivity index (χ0n) is 25.0. The third kappa shape index (κ3) is 8.97. The third-order valence-corrected chi connectivity index (χ3v) is 9.71. The van der Waals surface area contributed by atoms with Crippen molar-refractivity contribution >= 4 is 11.9 Å². The molecule has 6 atom stereocenters. The summed E-state index contributed by atoms with van der Waals surface area (Å²) in [5.74, 6) is 2.48. The van der Waals surface area contributed by atoms with E-state index >= 15 is 0 Å². The standard InChI is InChI=1S/C17H22O3.C10H18O.C8H8O3/c18-16-8-4-3-7-15(16)17(19)20-14-10-9-12-5-1-2-6-13(12)11-14;11-10-6-5-8-3-1-2-4-9(8)7-10;1-11-8(10)6-4-2-3-5-7(6)9/h3-4,7-8,12-14,18H,1-2,5-6,9-11H2;8-11H,1-7H2;2-5,9H,1H3. The second-order valence-electron chi connectivity index (χ2n) is 12.4. The highest BCUT2D eigenvalue weighted by atomic mass is 16.5. The van der Waals surface area contributed by atoms with Crippen LogP contribution in [0.4, 0.5) is 0 Å². The van der Waals surface area contributed by atoms with E-state index in [4.69, 9.17) is 9.84 Å². The molecule has 6 unspecified atom stereocenters. The van der Waals surface area contributed by atoms with Gasteiger partial charge in [-0.25, -0.2) is 9.59 Å². The monoisotopic (exact) mass is 580 g/mol. The molecule has 0 radical (unpaired) electrons. The number of esters is 2. The van der Waals surface area contributed by atoms with Crippen molar-refractivity contribution in [2.75, 3.05) is 7.11 Å². The number of carbonyl (C=O) groups excluding carboxylic acids is 2. The van der Waals surface area contributed by atoms with E-state index in [9.17, 15) is 19.8 Å². The first kappa shape index (κ1) is 31.9. The van der Waals surface area contributed by atoms with Gasteiger partial charge in [-0.05, 0) is 86.5 Å². The molecule has 42 heavy (non-hydrogen) atoms. The molecule has 2 aromatic carbocycles. The zero-order valence-corrected chi connectivity index (χ0v) is 25.0. The van der Waals surface area contributed by atoms with Crippen LogP contribution in [0, 0.1) is 23.7 Å². The molecule has 0 bridgehead atoms. The number of rotatable bonds is 3. The second-order valence-corrected chi connectivity index (χ2v) is 12.4. The molecule has 4 aliphatic carbocycles. The van der Waals surface area contributed by atoms with Gasteiger partial charge in [0.2, 0.25) is 0 Å². The summed E-state index contributed by atoms with van der Waals surface area (Å²) in [4.78, 5) is 23.0. The minimum absolute atomic E-state index is 0.00357. The second kappa shape index (κ2) is 16.0. The first-order valence-corrected chi connectivity index (χ1v) is 15.9. The van der Waals surface area contributed by atoms with Crippen molar-refractivity contribution in [1.82, 2.24) is 0 Å². The number of aromatic hydroxyl groups is 2. The number of hydrogen-bond donors (Lipinski definition) is 3. The Labute approximate surface area is 250 Å². The molecule has 6 rings (SSSR count). The Bertz CT molecular complexity index is 1150. The van der Waals surface area contributed by atoms with Crippen LogP contribution in [0.3, 0.4) is 0 Å². The summed E-state index contributed by atoms with van der Waals surface area (Å²) < 4.78 is 10.0. The van der Waals surface area contributed by atoms with E-state index < -0.39 is 5.97 Å². The summed E-state index contributed by atoms with van der Waals surface area (Å²) in [5.41, 5.74) is 0.466. The normalized spacial score (nSPS) is 28.2. The van der Waals surface area contributed by atoms with Crippen LogP contribution in [-0.2, 0) is 9.47 Å². The van der Waals surface area contributed by atoms with Crippen molar-refractivity contribution in [2.24, 2.45) is 23.7 Å². The van der Waals surface area contributed by atoms with Crippen LogP contribution < -0.4 is 0 Å². The van der Waals surface area contributed by atoms with Crippen molar-refractivity contribution in [1.29, 1.82) is 0 Å². The van der Waals surface area contributed by atoms with Gasteiger partial charge in [-0.15, -0.1) is 0 Å². The molecule has 7 nitrogen and oxygen atoms in total.